The van der Waals surface area contributed by atoms with Gasteiger partial charge in [-0.3, -0.25) is 4.84 Å². The van der Waals surface area contributed by atoms with Crippen LogP contribution in [0.15, 0.2) is 66.9 Å². The Labute approximate surface area is 217 Å². The summed E-state index contributed by atoms with van der Waals surface area (Å²) in [5.41, 5.74) is 7.88. The molecule has 1 aliphatic rings. The first-order valence-corrected chi connectivity index (χ1v) is 12.6. The molecule has 1 aliphatic heterocycles. The number of nitrogens with two attached hydrogens (primary N) is 1. The SMILES string of the molecule is CC(C)(C)[C@H](c1nc(-c2ccccc2)cn1Cc1ccccc1)N(C[C@H](F)CN)C(=O)N1C[C@@H](O)CO1. The summed E-state index contributed by atoms with van der Waals surface area (Å²) < 4.78 is 16.9. The lowest BCUT2D eigenvalue weighted by Crippen LogP contribution is -2.51. The number of hydroxylamine groups is 2. The third kappa shape index (κ3) is 6.36. The Balaban J connectivity index is 1.83. The Morgan fingerprint density at radius 3 is 2.41 bits per heavy atom. The molecule has 2 amide bonds. The van der Waals surface area contributed by atoms with Gasteiger partial charge in [0.25, 0.3) is 0 Å². The molecule has 0 saturated carbocycles. The number of aliphatic hydroxyl groups is 1. The maximum absolute atomic E-state index is 14.8. The maximum Gasteiger partial charge on any atom is 0.344 e. The number of alkyl halides is 1. The fraction of sp³-hybridized carbons (Fsp3) is 0.429. The first kappa shape index (κ1) is 26.8. The minimum atomic E-state index is -1.44. The van der Waals surface area contributed by atoms with Crippen LogP contribution in [0.1, 0.15) is 38.2 Å². The monoisotopic (exact) mass is 509 g/mol. The predicted octanol–water partition coefficient (Wildman–Crippen LogP) is 4.01. The number of carbonyl (C=O) groups excluding carboxylic acids is 1. The van der Waals surface area contributed by atoms with Crippen LogP contribution in [0.25, 0.3) is 11.3 Å². The Bertz CT molecular complexity index is 1170. The molecule has 2 aromatic carbocycles. The molecule has 8 nitrogen and oxygen atoms in total. The summed E-state index contributed by atoms with van der Waals surface area (Å²) in [7, 11) is 0. The fourth-order valence-corrected chi connectivity index (χ4v) is 4.63. The Hall–Kier alpha value is -3.27. The van der Waals surface area contributed by atoms with Crippen molar-refractivity contribution in [2.24, 2.45) is 11.1 Å². The lowest BCUT2D eigenvalue weighted by atomic mass is 9.84. The van der Waals surface area contributed by atoms with Crippen molar-refractivity contribution >= 4 is 6.03 Å². The molecule has 3 aromatic rings. The maximum atomic E-state index is 14.8. The standard InChI is InChI=1S/C28H36FN5O3/c1-28(2,3)25(33(16-22(29)14-30)27(36)34-17-23(35)19-37-34)26-31-24(21-12-8-5-9-13-21)18-32(26)15-20-10-6-4-7-11-20/h4-13,18,22-23,25,35H,14-17,19,30H2,1-3H3/t22-,23-,25+/m1/s1. The van der Waals surface area contributed by atoms with E-state index < -0.39 is 29.8 Å². The highest BCUT2D eigenvalue weighted by molar-refractivity contribution is 5.74. The summed E-state index contributed by atoms with van der Waals surface area (Å²) in [6, 6.07) is 18.7. The zero-order chi connectivity index (χ0) is 26.6. The van der Waals surface area contributed by atoms with Gasteiger partial charge in [-0.25, -0.2) is 19.2 Å². The lowest BCUT2D eigenvalue weighted by molar-refractivity contribution is -0.0870. The number of benzene rings is 2. The van der Waals surface area contributed by atoms with Crippen molar-refractivity contribution in [1.29, 1.82) is 0 Å². The van der Waals surface area contributed by atoms with Gasteiger partial charge in [0.05, 0.1) is 24.8 Å². The van der Waals surface area contributed by atoms with Crippen LogP contribution in [0, 0.1) is 5.41 Å². The van der Waals surface area contributed by atoms with Gasteiger partial charge in [-0.2, -0.15) is 0 Å². The van der Waals surface area contributed by atoms with E-state index >= 15 is 0 Å². The van der Waals surface area contributed by atoms with Crippen molar-refractivity contribution in [2.45, 2.75) is 45.6 Å². The highest BCUT2D eigenvalue weighted by atomic mass is 19.1. The molecule has 9 heteroatoms. The number of nitrogens with zero attached hydrogens (tertiary/aromatic N) is 4. The number of hydrogen-bond acceptors (Lipinski definition) is 5. The average Bonchev–Trinajstić information content (AvgIpc) is 3.50. The number of imidazole rings is 1. The lowest BCUT2D eigenvalue weighted by Gasteiger charge is -2.41. The third-order valence-corrected chi connectivity index (χ3v) is 6.36. The number of amides is 2. The van der Waals surface area contributed by atoms with Crippen LogP contribution in [0.4, 0.5) is 9.18 Å². The molecule has 0 unspecified atom stereocenters. The number of carbonyl (C=O) groups is 1. The van der Waals surface area contributed by atoms with E-state index in [1.807, 2.05) is 92.2 Å². The molecule has 0 spiro atoms. The Morgan fingerprint density at radius 1 is 1.19 bits per heavy atom. The summed E-state index contributed by atoms with van der Waals surface area (Å²) in [5, 5.41) is 11.1. The van der Waals surface area contributed by atoms with Crippen molar-refractivity contribution in [2.75, 3.05) is 26.2 Å². The van der Waals surface area contributed by atoms with Gasteiger partial charge < -0.3 is 20.3 Å². The second-order valence-electron chi connectivity index (χ2n) is 10.5. The molecule has 0 aliphatic carbocycles. The van der Waals surface area contributed by atoms with Crippen LogP contribution in [-0.2, 0) is 11.4 Å². The molecule has 37 heavy (non-hydrogen) atoms. The number of urea groups is 1. The van der Waals surface area contributed by atoms with E-state index in [0.29, 0.717) is 12.4 Å². The summed E-state index contributed by atoms with van der Waals surface area (Å²) in [4.78, 5) is 25.6. The molecule has 198 valence electrons. The second kappa shape index (κ2) is 11.4. The summed E-state index contributed by atoms with van der Waals surface area (Å²) in [5.74, 6) is 0.632. The molecular formula is C28H36FN5O3. The highest BCUT2D eigenvalue weighted by Crippen LogP contribution is 2.40. The van der Waals surface area contributed by atoms with Gasteiger partial charge in [0.2, 0.25) is 0 Å². The number of rotatable bonds is 8. The predicted molar refractivity (Wildman–Crippen MR) is 140 cm³/mol. The van der Waals surface area contributed by atoms with E-state index in [1.54, 1.807) is 0 Å². The zero-order valence-electron chi connectivity index (χ0n) is 21.6. The molecule has 1 aromatic heterocycles. The number of halogens is 1. The number of hydrogen-bond donors (Lipinski definition) is 2. The number of β-amino-alcohol motifs (C(OH)–C–C–N with tert-alkyl or cyclic N) is 1. The van der Waals surface area contributed by atoms with Crippen LogP contribution in [0.5, 0.6) is 0 Å². The van der Waals surface area contributed by atoms with Gasteiger partial charge in [-0.1, -0.05) is 81.4 Å². The van der Waals surface area contributed by atoms with Crippen molar-refractivity contribution in [3.63, 3.8) is 0 Å². The first-order valence-electron chi connectivity index (χ1n) is 12.6. The summed E-state index contributed by atoms with van der Waals surface area (Å²) in [6.07, 6.45) is -0.253. The summed E-state index contributed by atoms with van der Waals surface area (Å²) >= 11 is 0. The van der Waals surface area contributed by atoms with E-state index in [0.717, 1.165) is 21.9 Å². The van der Waals surface area contributed by atoms with Crippen LogP contribution in [-0.4, -0.2) is 69.2 Å². The van der Waals surface area contributed by atoms with Gasteiger partial charge in [0.1, 0.15) is 24.7 Å². The highest BCUT2D eigenvalue weighted by Gasteiger charge is 2.42. The smallest absolute Gasteiger partial charge is 0.344 e. The average molecular weight is 510 g/mol. The number of aromatic nitrogens is 2. The van der Waals surface area contributed by atoms with Gasteiger partial charge in [0, 0.05) is 24.8 Å². The molecule has 3 atom stereocenters. The topological polar surface area (TPSA) is 96.9 Å². The normalized spacial score (nSPS) is 17.6. The van der Waals surface area contributed by atoms with Gasteiger partial charge in [0.15, 0.2) is 0 Å². The minimum Gasteiger partial charge on any atom is -0.389 e. The van der Waals surface area contributed by atoms with Gasteiger partial charge >= 0.3 is 6.03 Å². The first-order chi connectivity index (χ1) is 17.7. The van der Waals surface area contributed by atoms with E-state index in [4.69, 9.17) is 15.6 Å². The quantitative estimate of drug-likeness (QED) is 0.478. The molecule has 0 bridgehead atoms. The Kier molecular flexibility index (Phi) is 8.26. The van der Waals surface area contributed by atoms with Gasteiger partial charge in [-0.05, 0) is 11.0 Å². The minimum absolute atomic E-state index is 0.0104. The molecule has 1 fully saturated rings. The van der Waals surface area contributed by atoms with Crippen LogP contribution in [0.3, 0.4) is 0 Å². The number of aliphatic hydroxyl groups excluding tert-OH is 1. The molecule has 1 saturated heterocycles. The van der Waals surface area contributed by atoms with Crippen LogP contribution in [0.2, 0.25) is 0 Å². The van der Waals surface area contributed by atoms with Crippen molar-refractivity contribution < 1.29 is 19.1 Å². The largest absolute Gasteiger partial charge is 0.389 e. The molecule has 0 radical (unpaired) electrons. The van der Waals surface area contributed by atoms with E-state index in [1.165, 1.54) is 4.90 Å². The second-order valence-corrected chi connectivity index (χ2v) is 10.5. The molecular weight excluding hydrogens is 473 g/mol. The van der Waals surface area contributed by atoms with Crippen LogP contribution < -0.4 is 5.73 Å². The summed E-state index contributed by atoms with van der Waals surface area (Å²) in [6.45, 7) is 6.09. The molecule has 4 rings (SSSR count). The van der Waals surface area contributed by atoms with Crippen molar-refractivity contribution in [3.8, 4) is 11.3 Å². The molecule has 3 N–H and O–H groups in total. The van der Waals surface area contributed by atoms with Crippen molar-refractivity contribution in [3.05, 3.63) is 78.2 Å². The van der Waals surface area contributed by atoms with Crippen LogP contribution >= 0.6 is 0 Å². The van der Waals surface area contributed by atoms with E-state index in [2.05, 4.69) is 0 Å². The van der Waals surface area contributed by atoms with Crippen molar-refractivity contribution in [1.82, 2.24) is 19.5 Å². The fourth-order valence-electron chi connectivity index (χ4n) is 4.63. The zero-order valence-corrected chi connectivity index (χ0v) is 21.6. The Morgan fingerprint density at radius 2 is 1.84 bits per heavy atom. The third-order valence-electron chi connectivity index (χ3n) is 6.36. The van der Waals surface area contributed by atoms with E-state index in [-0.39, 0.29) is 26.2 Å². The van der Waals surface area contributed by atoms with E-state index in [9.17, 15) is 14.3 Å². The molecule has 2 heterocycles. The van der Waals surface area contributed by atoms with Gasteiger partial charge in [-0.15, -0.1) is 0 Å².